The fraction of sp³-hybridized carbons (Fsp3) is 0.217. The number of imidazole rings is 1. The Balaban J connectivity index is 1.64. The Morgan fingerprint density at radius 1 is 1.09 bits per heavy atom. The normalized spacial score (nSPS) is 12.0. The van der Waals surface area contributed by atoms with E-state index < -0.39 is 10.0 Å². The minimum Gasteiger partial charge on any atom is -0.310 e. The highest BCUT2D eigenvalue weighted by atomic mass is 35.5. The molecule has 0 saturated carbocycles. The van der Waals surface area contributed by atoms with Crippen molar-refractivity contribution < 1.29 is 13.2 Å². The summed E-state index contributed by atoms with van der Waals surface area (Å²) in [5.41, 5.74) is 2.65. The van der Waals surface area contributed by atoms with Gasteiger partial charge in [-0.3, -0.25) is 9.52 Å². The highest BCUT2D eigenvalue weighted by Crippen LogP contribution is 2.29. The first-order chi connectivity index (χ1) is 15.9. The van der Waals surface area contributed by atoms with Crippen LogP contribution in [0.25, 0.3) is 16.9 Å². The van der Waals surface area contributed by atoms with E-state index in [0.29, 0.717) is 22.7 Å². The second-order valence-electron chi connectivity index (χ2n) is 8.77. The maximum absolute atomic E-state index is 13.0. The van der Waals surface area contributed by atoms with Crippen LogP contribution < -0.4 is 10.0 Å². The van der Waals surface area contributed by atoms with Crippen LogP contribution in [0.5, 0.6) is 0 Å². The minimum absolute atomic E-state index is 0.00953. The van der Waals surface area contributed by atoms with Gasteiger partial charge in [-0.15, -0.1) is 0 Å². The number of nitrogens with zero attached hydrogens (tertiary/aromatic N) is 4. The average molecular weight is 499 g/mol. The van der Waals surface area contributed by atoms with Crippen molar-refractivity contribution in [2.75, 3.05) is 10.0 Å². The number of hydrogen-bond acceptors (Lipinski definition) is 6. The third-order valence-corrected chi connectivity index (χ3v) is 6.72. The molecule has 0 spiro atoms. The molecule has 4 aromatic rings. The number of rotatable bonds is 5. The molecule has 0 unspecified atom stereocenters. The fourth-order valence-electron chi connectivity index (χ4n) is 3.27. The summed E-state index contributed by atoms with van der Waals surface area (Å²) in [5, 5.41) is 7.09. The van der Waals surface area contributed by atoms with Crippen LogP contribution in [0.2, 0.25) is 5.15 Å². The maximum atomic E-state index is 13.0. The lowest BCUT2D eigenvalue weighted by Gasteiger charge is -2.19. The SMILES string of the molecule is CC(=O)Nc1cn2nc(-c3cnc(Cl)c(NS(=O)(=O)c4ccc(C(C)(C)C)cc4)c3)ccc2n1. The van der Waals surface area contributed by atoms with Gasteiger partial charge in [0.2, 0.25) is 5.91 Å². The van der Waals surface area contributed by atoms with Crippen molar-refractivity contribution in [1.82, 2.24) is 19.6 Å². The van der Waals surface area contributed by atoms with E-state index in [1.165, 1.54) is 17.6 Å². The predicted octanol–water partition coefficient (Wildman–Crippen LogP) is 4.50. The number of anilines is 2. The van der Waals surface area contributed by atoms with Crippen LogP contribution in [-0.2, 0) is 20.2 Å². The van der Waals surface area contributed by atoms with Crippen LogP contribution in [0.3, 0.4) is 0 Å². The number of nitrogens with one attached hydrogen (secondary N) is 2. The molecule has 0 bridgehead atoms. The van der Waals surface area contributed by atoms with Gasteiger partial charge in [-0.05, 0) is 41.3 Å². The lowest BCUT2D eigenvalue weighted by molar-refractivity contribution is -0.114. The topological polar surface area (TPSA) is 118 Å². The van der Waals surface area contributed by atoms with Gasteiger partial charge in [0.1, 0.15) is 0 Å². The van der Waals surface area contributed by atoms with E-state index in [1.807, 2.05) is 0 Å². The molecule has 0 fully saturated rings. The molecule has 176 valence electrons. The van der Waals surface area contributed by atoms with E-state index in [0.717, 1.165) is 5.56 Å². The lowest BCUT2D eigenvalue weighted by Crippen LogP contribution is -2.15. The van der Waals surface area contributed by atoms with E-state index in [2.05, 4.69) is 45.9 Å². The Morgan fingerprint density at radius 3 is 2.44 bits per heavy atom. The van der Waals surface area contributed by atoms with Crippen molar-refractivity contribution in [1.29, 1.82) is 0 Å². The smallest absolute Gasteiger partial charge is 0.261 e. The average Bonchev–Trinajstić information content (AvgIpc) is 3.15. The van der Waals surface area contributed by atoms with Gasteiger partial charge >= 0.3 is 0 Å². The van der Waals surface area contributed by atoms with Gasteiger partial charge in [-0.25, -0.2) is 22.9 Å². The predicted molar refractivity (Wildman–Crippen MR) is 131 cm³/mol. The Bertz CT molecular complexity index is 1490. The first-order valence-corrected chi connectivity index (χ1v) is 12.2. The second-order valence-corrected chi connectivity index (χ2v) is 10.8. The zero-order valence-electron chi connectivity index (χ0n) is 19.0. The molecule has 0 aliphatic carbocycles. The Labute approximate surface area is 202 Å². The maximum Gasteiger partial charge on any atom is 0.261 e. The molecule has 0 aliphatic rings. The van der Waals surface area contributed by atoms with E-state index in [4.69, 9.17) is 11.6 Å². The molecule has 1 aromatic carbocycles. The van der Waals surface area contributed by atoms with Crippen LogP contribution in [0.4, 0.5) is 11.5 Å². The summed E-state index contributed by atoms with van der Waals surface area (Å²) in [6, 6.07) is 11.7. The molecule has 3 aromatic heterocycles. The van der Waals surface area contributed by atoms with Gasteiger partial charge in [0.15, 0.2) is 16.6 Å². The standard InChI is InChI=1S/C23H23ClN6O3S/c1-14(31)26-20-13-30-21(27-20)10-9-18(28-30)15-11-19(22(24)25-12-15)29-34(32,33)17-7-5-16(6-8-17)23(2,3)4/h5-13,29H,1-4H3,(H,26,31). The molecule has 3 heterocycles. The van der Waals surface area contributed by atoms with Crippen molar-refractivity contribution in [2.45, 2.75) is 38.0 Å². The second kappa shape index (κ2) is 8.69. The number of sulfonamides is 1. The molecule has 0 radical (unpaired) electrons. The molecule has 2 N–H and O–H groups in total. The van der Waals surface area contributed by atoms with Crippen molar-refractivity contribution in [3.63, 3.8) is 0 Å². The molecule has 0 aliphatic heterocycles. The number of carbonyl (C=O) groups excluding carboxylic acids is 1. The third kappa shape index (κ3) is 5.02. The summed E-state index contributed by atoms with van der Waals surface area (Å²) >= 11 is 6.20. The van der Waals surface area contributed by atoms with Crippen molar-refractivity contribution >= 4 is 44.7 Å². The van der Waals surface area contributed by atoms with Crippen LogP contribution in [0, 0.1) is 0 Å². The molecular formula is C23H23ClN6O3S. The molecule has 4 rings (SSSR count). The number of fused-ring (bicyclic) bond motifs is 1. The fourth-order valence-corrected chi connectivity index (χ4v) is 4.54. The van der Waals surface area contributed by atoms with Gasteiger partial charge in [0, 0.05) is 18.7 Å². The molecule has 0 saturated heterocycles. The van der Waals surface area contributed by atoms with Crippen LogP contribution in [-0.4, -0.2) is 33.9 Å². The first-order valence-electron chi connectivity index (χ1n) is 10.4. The summed E-state index contributed by atoms with van der Waals surface area (Å²) in [4.78, 5) is 19.8. The Kier molecular flexibility index (Phi) is 6.05. The summed E-state index contributed by atoms with van der Waals surface area (Å²) in [6.45, 7) is 7.56. The van der Waals surface area contributed by atoms with E-state index >= 15 is 0 Å². The molecule has 1 amide bonds. The largest absolute Gasteiger partial charge is 0.310 e. The first kappa shape index (κ1) is 23.7. The number of carbonyl (C=O) groups is 1. The third-order valence-electron chi connectivity index (χ3n) is 5.03. The minimum atomic E-state index is -3.89. The van der Waals surface area contributed by atoms with Gasteiger partial charge in [0.25, 0.3) is 10.0 Å². The van der Waals surface area contributed by atoms with Crippen LogP contribution in [0.15, 0.2) is 59.8 Å². The molecular weight excluding hydrogens is 476 g/mol. The molecule has 9 nitrogen and oxygen atoms in total. The van der Waals surface area contributed by atoms with Gasteiger partial charge in [0.05, 0.1) is 22.5 Å². The van der Waals surface area contributed by atoms with E-state index in [1.54, 1.807) is 48.7 Å². The summed E-state index contributed by atoms with van der Waals surface area (Å²) in [6.07, 6.45) is 3.08. The molecule has 34 heavy (non-hydrogen) atoms. The Morgan fingerprint density at radius 2 is 1.79 bits per heavy atom. The van der Waals surface area contributed by atoms with Crippen LogP contribution >= 0.6 is 11.6 Å². The quantitative estimate of drug-likeness (QED) is 0.391. The van der Waals surface area contributed by atoms with Gasteiger partial charge in [-0.1, -0.05) is 44.5 Å². The summed E-state index contributed by atoms with van der Waals surface area (Å²) < 4.78 is 30.0. The number of aromatic nitrogens is 4. The molecule has 0 atom stereocenters. The van der Waals surface area contributed by atoms with Crippen molar-refractivity contribution in [3.05, 3.63) is 65.6 Å². The number of pyridine rings is 1. The number of halogens is 1. The number of hydrogen-bond donors (Lipinski definition) is 2. The van der Waals surface area contributed by atoms with Crippen LogP contribution in [0.1, 0.15) is 33.3 Å². The van der Waals surface area contributed by atoms with Gasteiger partial charge < -0.3 is 5.32 Å². The number of amides is 1. The monoisotopic (exact) mass is 498 g/mol. The highest BCUT2D eigenvalue weighted by molar-refractivity contribution is 7.92. The summed E-state index contributed by atoms with van der Waals surface area (Å²) in [5.74, 6) is 0.132. The zero-order valence-corrected chi connectivity index (χ0v) is 20.6. The van der Waals surface area contributed by atoms with Crippen molar-refractivity contribution in [2.24, 2.45) is 0 Å². The molecule has 11 heteroatoms. The van der Waals surface area contributed by atoms with E-state index in [9.17, 15) is 13.2 Å². The summed E-state index contributed by atoms with van der Waals surface area (Å²) in [7, 11) is -3.89. The van der Waals surface area contributed by atoms with Crippen molar-refractivity contribution in [3.8, 4) is 11.3 Å². The highest BCUT2D eigenvalue weighted by Gasteiger charge is 2.19. The Hall–Kier alpha value is -3.50. The van der Waals surface area contributed by atoms with E-state index in [-0.39, 0.29) is 27.1 Å². The lowest BCUT2D eigenvalue weighted by atomic mass is 9.87. The van der Waals surface area contributed by atoms with Gasteiger partial charge in [-0.2, -0.15) is 5.10 Å². The number of benzene rings is 1. The zero-order chi connectivity index (χ0) is 24.7.